The van der Waals surface area contributed by atoms with Crippen LogP contribution >= 0.6 is 11.3 Å². The molecule has 6 rings (SSSR count). The summed E-state index contributed by atoms with van der Waals surface area (Å²) in [5.41, 5.74) is 3.53. The zero-order valence-corrected chi connectivity index (χ0v) is 21.8. The van der Waals surface area contributed by atoms with Crippen molar-refractivity contribution in [3.63, 3.8) is 0 Å². The fourth-order valence-electron chi connectivity index (χ4n) is 5.45. The summed E-state index contributed by atoms with van der Waals surface area (Å²) >= 11 is 1.23. The Morgan fingerprint density at radius 1 is 0.300 bits per heavy atom. The molecule has 0 amide bonds. The van der Waals surface area contributed by atoms with E-state index in [2.05, 4.69) is 4.98 Å². The molecule has 0 aliphatic rings. The third-order valence-corrected chi connectivity index (χ3v) is 8.91. The Hall–Kier alpha value is -2.19. The van der Waals surface area contributed by atoms with Crippen molar-refractivity contribution in [2.75, 3.05) is 0 Å². The van der Waals surface area contributed by atoms with Crippen LogP contribution in [0.2, 0.25) is 0 Å². The highest BCUT2D eigenvalue weighted by atomic mass is 32.1. The summed E-state index contributed by atoms with van der Waals surface area (Å²) in [7, 11) is 89.6. The molecule has 28 radical (unpaired) electrons. The monoisotopic (exact) mass is 489 g/mol. The number of hydrogen-bond acceptors (Lipinski definition) is 1. The quantitative estimate of drug-likeness (QED) is 0.222. The van der Waals surface area contributed by atoms with Crippen LogP contribution in [-0.2, 0) is 0 Å². The molecule has 2 heterocycles. The van der Waals surface area contributed by atoms with E-state index in [9.17, 15) is 0 Å². The van der Waals surface area contributed by atoms with Gasteiger partial charge in [0.25, 0.3) is 0 Å². The molecule has 40 heavy (non-hydrogen) atoms. The van der Waals surface area contributed by atoms with Gasteiger partial charge in [-0.05, 0) is 32.7 Å². The summed E-state index contributed by atoms with van der Waals surface area (Å²) < 4.78 is 1.08. The van der Waals surface area contributed by atoms with Crippen LogP contribution < -0.4 is 76.5 Å². The van der Waals surface area contributed by atoms with Crippen molar-refractivity contribution in [2.24, 2.45) is 0 Å². The van der Waals surface area contributed by atoms with E-state index in [-0.39, 0.29) is 82.0 Å². The molecule has 4 aromatic carbocycles. The van der Waals surface area contributed by atoms with Gasteiger partial charge in [0, 0.05) is 20.4 Å². The second kappa shape index (κ2) is 9.15. The van der Waals surface area contributed by atoms with Crippen molar-refractivity contribution >= 4 is 240 Å². The van der Waals surface area contributed by atoms with Gasteiger partial charge in [0.1, 0.15) is 110 Å². The minimum Gasteiger partial charge on any atom is -0.356 e. The van der Waals surface area contributed by atoms with Crippen molar-refractivity contribution in [3.05, 3.63) is 0 Å². The van der Waals surface area contributed by atoms with Gasteiger partial charge < -0.3 is 4.98 Å². The average molecular weight is 487 g/mol. The van der Waals surface area contributed by atoms with E-state index in [1.165, 1.54) is 11.3 Å². The summed E-state index contributed by atoms with van der Waals surface area (Å²) in [4.78, 5) is 3.15. The van der Waals surface area contributed by atoms with E-state index in [0.29, 0.717) is 47.5 Å². The summed E-state index contributed by atoms with van der Waals surface area (Å²) in [5, 5.41) is 1.79. The number of benzene rings is 4. The molecule has 0 atom stereocenters. The van der Waals surface area contributed by atoms with Crippen LogP contribution in [0, 0.1) is 0 Å². The number of H-pyrrole nitrogens is 1. The van der Waals surface area contributed by atoms with Gasteiger partial charge in [0.2, 0.25) is 0 Å². The molecule has 1 N–H and O–H groups in total. The third-order valence-electron chi connectivity index (χ3n) is 7.67. The van der Waals surface area contributed by atoms with Gasteiger partial charge in [-0.1, -0.05) is 49.2 Å². The third kappa shape index (κ3) is 3.35. The summed E-state index contributed by atoms with van der Waals surface area (Å²) in [6.45, 7) is 0. The average Bonchev–Trinajstić information content (AvgIpc) is 3.52. The van der Waals surface area contributed by atoms with Gasteiger partial charge in [-0.2, -0.15) is 0 Å². The molecule has 0 aliphatic heterocycles. The Kier molecular flexibility index (Phi) is 6.40. The van der Waals surface area contributed by atoms with E-state index in [1.54, 1.807) is 0 Å². The van der Waals surface area contributed by atoms with E-state index in [0.717, 1.165) is 0 Å². The second-order valence-electron chi connectivity index (χ2n) is 9.68. The Morgan fingerprint density at radius 2 is 0.675 bits per heavy atom. The fourth-order valence-corrected chi connectivity index (χ4v) is 6.82. The zero-order chi connectivity index (χ0) is 29.3. The van der Waals surface area contributed by atoms with Crippen molar-refractivity contribution in [1.29, 1.82) is 0 Å². The first-order valence-electron chi connectivity index (χ1n) is 11.7. The minimum atomic E-state index is 0.0766. The first kappa shape index (κ1) is 28.0. The Labute approximate surface area is 254 Å². The topological polar surface area (TPSA) is 15.8 Å². The van der Waals surface area contributed by atoms with Crippen molar-refractivity contribution < 1.29 is 0 Å². The van der Waals surface area contributed by atoms with Gasteiger partial charge in [0.15, 0.2) is 0 Å². The van der Waals surface area contributed by atoms with Crippen LogP contribution in [0.1, 0.15) is 0 Å². The van der Waals surface area contributed by atoms with E-state index in [4.69, 9.17) is 110 Å². The lowest BCUT2D eigenvalue weighted by molar-refractivity contribution is 1.59. The second-order valence-corrected chi connectivity index (χ2v) is 10.7. The predicted molar refractivity (Wildman–Crippen MR) is 190 cm³/mol. The van der Waals surface area contributed by atoms with Gasteiger partial charge in [-0.25, -0.2) is 0 Å². The van der Waals surface area contributed by atoms with Gasteiger partial charge >= 0.3 is 0 Å². The van der Waals surface area contributed by atoms with Crippen LogP contribution in [0.4, 0.5) is 0 Å². The molecule has 0 unspecified atom stereocenters. The SMILES string of the molecule is [B]c1c([B])c([B])c2c([nH]c3c([B])c([B])c(-c4c([B])c([B])c([B])c5c4sc4c([B])c([B])c([B])c([B])c45)c([B])c32)c1[B]. The maximum Gasteiger partial charge on any atom is 0.115 e. The first-order valence-corrected chi connectivity index (χ1v) is 12.5. The first-order chi connectivity index (χ1) is 18.7. The Morgan fingerprint density at radius 3 is 1.25 bits per heavy atom. The lowest BCUT2D eigenvalue weighted by Gasteiger charge is -2.23. The highest BCUT2D eigenvalue weighted by Crippen LogP contribution is 2.35. The normalized spacial score (nSPS) is 11.9. The minimum absolute atomic E-state index is 0.0766. The van der Waals surface area contributed by atoms with Crippen LogP contribution in [0.3, 0.4) is 0 Å². The molecular weight excluding hydrogens is 486 g/mol. The fraction of sp³-hybridized carbons (Fsp3) is 0. The number of thiophene rings is 1. The molecular formula is C24HB14NS. The van der Waals surface area contributed by atoms with E-state index >= 15 is 0 Å². The highest BCUT2D eigenvalue weighted by molar-refractivity contribution is 7.28. The molecule has 0 aliphatic carbocycles. The lowest BCUT2D eigenvalue weighted by atomic mass is 9.62. The Balaban J connectivity index is 1.90. The number of aromatic amines is 1. The van der Waals surface area contributed by atoms with Crippen molar-refractivity contribution in [2.45, 2.75) is 0 Å². The maximum absolute atomic E-state index is 6.85. The zero-order valence-electron chi connectivity index (χ0n) is 21.0. The largest absolute Gasteiger partial charge is 0.356 e. The van der Waals surface area contributed by atoms with Crippen LogP contribution in [-0.4, -0.2) is 115 Å². The molecule has 1 nitrogen and oxygen atoms in total. The summed E-state index contributed by atoms with van der Waals surface area (Å²) in [6, 6.07) is 0. The predicted octanol–water partition coefficient (Wildman–Crippen LogP) is -9.53. The molecule has 2 aromatic heterocycles. The standard InChI is InChI=1S/C24HB14NS/c25-7-1(8(26)18(36)21-2(7)3-9(27)14(32)16(34)19(37)22(3)39-21)4-10(28)13(31)11(29)5-6-12(30)15(33)17(35)20(38)24(6)40-23(4)5/h39H. The van der Waals surface area contributed by atoms with Gasteiger partial charge in [-0.15, -0.1) is 38.7 Å². The molecule has 0 spiro atoms. The Bertz CT molecular complexity index is 2160. The van der Waals surface area contributed by atoms with E-state index < -0.39 is 0 Å². The molecule has 150 valence electrons. The molecule has 0 saturated carbocycles. The lowest BCUT2D eigenvalue weighted by Crippen LogP contribution is -2.48. The molecule has 16 heteroatoms. The van der Waals surface area contributed by atoms with E-state index in [1.807, 2.05) is 0 Å². The molecule has 6 aromatic rings. The number of nitrogens with one attached hydrogen (secondary N) is 1. The number of rotatable bonds is 1. The van der Waals surface area contributed by atoms with Crippen molar-refractivity contribution in [3.8, 4) is 11.1 Å². The summed E-state index contributed by atoms with van der Waals surface area (Å²) in [6.07, 6.45) is 0. The molecule has 0 saturated heterocycles. The van der Waals surface area contributed by atoms with Crippen LogP contribution in [0.25, 0.3) is 53.1 Å². The van der Waals surface area contributed by atoms with Gasteiger partial charge in [-0.3, -0.25) is 0 Å². The highest BCUT2D eigenvalue weighted by Gasteiger charge is 2.25. The van der Waals surface area contributed by atoms with Gasteiger partial charge in [0.05, 0.1) is 0 Å². The molecule has 0 fully saturated rings. The molecule has 0 bridgehead atoms. The van der Waals surface area contributed by atoms with Crippen LogP contribution in [0.15, 0.2) is 0 Å². The van der Waals surface area contributed by atoms with Crippen molar-refractivity contribution in [1.82, 2.24) is 4.98 Å². The number of hydrogen-bond donors (Lipinski definition) is 1. The van der Waals surface area contributed by atoms with Crippen LogP contribution in [0.5, 0.6) is 0 Å². The number of aromatic nitrogens is 1. The smallest absolute Gasteiger partial charge is 0.115 e. The number of fused-ring (bicyclic) bond motifs is 6. The summed E-state index contributed by atoms with van der Waals surface area (Å²) in [5.74, 6) is 0. The maximum atomic E-state index is 6.85.